The summed E-state index contributed by atoms with van der Waals surface area (Å²) in [6, 6.07) is 22.0. The minimum Gasteiger partial charge on any atom is -0.381 e. The molecule has 0 fully saturated rings. The summed E-state index contributed by atoms with van der Waals surface area (Å²) in [6.07, 6.45) is 0. The Morgan fingerprint density at radius 3 is 2.42 bits per heavy atom. The van der Waals surface area contributed by atoms with E-state index in [1.54, 1.807) is 30.3 Å². The molecule has 2 N–H and O–H groups in total. The predicted octanol–water partition coefficient (Wildman–Crippen LogP) is 4.68. The van der Waals surface area contributed by atoms with Gasteiger partial charge < -0.3 is 10.6 Å². The fraction of sp³-hybridized carbons (Fsp3) is 0.136. The second kappa shape index (κ2) is 8.30. The summed E-state index contributed by atoms with van der Waals surface area (Å²) in [6.45, 7) is 2.96. The van der Waals surface area contributed by atoms with E-state index in [0.29, 0.717) is 11.1 Å². The van der Waals surface area contributed by atoms with Crippen LogP contribution in [0.1, 0.15) is 27.0 Å². The van der Waals surface area contributed by atoms with Gasteiger partial charge in [-0.1, -0.05) is 48.0 Å². The van der Waals surface area contributed by atoms with E-state index in [-0.39, 0.29) is 18.3 Å². The fourth-order valence-corrected chi connectivity index (χ4v) is 2.69. The van der Waals surface area contributed by atoms with Crippen molar-refractivity contribution in [3.8, 4) is 0 Å². The molecule has 0 spiro atoms. The zero-order valence-corrected chi connectivity index (χ0v) is 14.6. The van der Waals surface area contributed by atoms with Crippen LogP contribution in [0.5, 0.6) is 0 Å². The number of nitrogens with one attached hydrogen (secondary N) is 2. The Morgan fingerprint density at radius 1 is 0.923 bits per heavy atom. The highest BCUT2D eigenvalue weighted by atomic mass is 19.1. The number of carbonyl (C=O) groups excluding carboxylic acids is 1. The molecule has 0 heterocycles. The van der Waals surface area contributed by atoms with E-state index in [9.17, 15) is 9.18 Å². The topological polar surface area (TPSA) is 41.1 Å². The van der Waals surface area contributed by atoms with Gasteiger partial charge in [-0.25, -0.2) is 4.39 Å². The molecule has 1 amide bonds. The van der Waals surface area contributed by atoms with Gasteiger partial charge in [-0.15, -0.1) is 0 Å². The molecule has 3 rings (SSSR count). The summed E-state index contributed by atoms with van der Waals surface area (Å²) in [5, 5.41) is 6.08. The maximum atomic E-state index is 13.6. The predicted molar refractivity (Wildman–Crippen MR) is 103 cm³/mol. The van der Waals surface area contributed by atoms with Crippen LogP contribution in [-0.4, -0.2) is 5.91 Å². The minimum atomic E-state index is -0.316. The van der Waals surface area contributed by atoms with Gasteiger partial charge in [0.2, 0.25) is 0 Å². The molecule has 0 saturated heterocycles. The zero-order valence-electron chi connectivity index (χ0n) is 14.6. The van der Waals surface area contributed by atoms with Gasteiger partial charge in [-0.3, -0.25) is 4.79 Å². The van der Waals surface area contributed by atoms with Crippen LogP contribution in [0.4, 0.5) is 10.1 Å². The second-order valence-electron chi connectivity index (χ2n) is 6.19. The number of carbonyl (C=O) groups is 1. The monoisotopic (exact) mass is 348 g/mol. The molecule has 3 nitrogen and oxygen atoms in total. The Labute approximate surface area is 152 Å². The van der Waals surface area contributed by atoms with Crippen molar-refractivity contribution in [3.63, 3.8) is 0 Å². The molecule has 0 radical (unpaired) electrons. The highest BCUT2D eigenvalue weighted by Gasteiger charge is 2.07. The van der Waals surface area contributed by atoms with E-state index < -0.39 is 0 Å². The molecule has 0 atom stereocenters. The largest absolute Gasteiger partial charge is 0.381 e. The van der Waals surface area contributed by atoms with Crippen molar-refractivity contribution in [2.45, 2.75) is 20.0 Å². The highest BCUT2D eigenvalue weighted by molar-refractivity contribution is 5.94. The van der Waals surface area contributed by atoms with Gasteiger partial charge in [-0.2, -0.15) is 0 Å². The average Bonchev–Trinajstić information content (AvgIpc) is 2.66. The van der Waals surface area contributed by atoms with Gasteiger partial charge in [-0.05, 0) is 42.8 Å². The standard InChI is InChI=1S/C22H21FN2O/c1-16-5-4-6-17(13-16)14-24-20-11-9-18(10-12-20)22(26)25-15-19-7-2-3-8-21(19)23/h2-13,24H,14-15H2,1H3,(H,25,26). The van der Waals surface area contributed by atoms with Gasteiger partial charge in [0.25, 0.3) is 5.91 Å². The lowest BCUT2D eigenvalue weighted by Crippen LogP contribution is -2.23. The third-order valence-electron chi connectivity index (χ3n) is 4.12. The highest BCUT2D eigenvalue weighted by Crippen LogP contribution is 2.13. The van der Waals surface area contributed by atoms with E-state index in [1.807, 2.05) is 18.2 Å². The van der Waals surface area contributed by atoms with Crippen LogP contribution in [0.2, 0.25) is 0 Å². The van der Waals surface area contributed by atoms with E-state index in [0.717, 1.165) is 12.2 Å². The average molecular weight is 348 g/mol. The Balaban J connectivity index is 1.55. The Morgan fingerprint density at radius 2 is 1.69 bits per heavy atom. The lowest BCUT2D eigenvalue weighted by molar-refractivity contribution is 0.0950. The fourth-order valence-electron chi connectivity index (χ4n) is 2.69. The SMILES string of the molecule is Cc1cccc(CNc2ccc(C(=O)NCc3ccccc3F)cc2)c1. The van der Waals surface area contributed by atoms with Crippen molar-refractivity contribution in [3.05, 3.63) is 101 Å². The zero-order chi connectivity index (χ0) is 18.4. The van der Waals surface area contributed by atoms with E-state index in [2.05, 4.69) is 35.8 Å². The molecule has 0 bridgehead atoms. The molecule has 4 heteroatoms. The molecule has 0 aromatic heterocycles. The lowest BCUT2D eigenvalue weighted by Gasteiger charge is -2.09. The molecule has 0 aliphatic rings. The van der Waals surface area contributed by atoms with Gasteiger partial charge in [0.15, 0.2) is 0 Å². The summed E-state index contributed by atoms with van der Waals surface area (Å²) >= 11 is 0. The number of hydrogen-bond acceptors (Lipinski definition) is 2. The number of halogens is 1. The maximum Gasteiger partial charge on any atom is 0.251 e. The van der Waals surface area contributed by atoms with Crippen molar-refractivity contribution < 1.29 is 9.18 Å². The van der Waals surface area contributed by atoms with Crippen molar-refractivity contribution in [2.24, 2.45) is 0 Å². The first-order chi connectivity index (χ1) is 12.6. The number of anilines is 1. The number of rotatable bonds is 6. The lowest BCUT2D eigenvalue weighted by atomic mass is 10.1. The van der Waals surface area contributed by atoms with Crippen LogP contribution in [0, 0.1) is 12.7 Å². The van der Waals surface area contributed by atoms with Crippen LogP contribution in [0.25, 0.3) is 0 Å². The number of aryl methyl sites for hydroxylation is 1. The van der Waals surface area contributed by atoms with Gasteiger partial charge >= 0.3 is 0 Å². The third kappa shape index (κ3) is 4.70. The first-order valence-corrected chi connectivity index (χ1v) is 8.53. The molecule has 132 valence electrons. The van der Waals surface area contributed by atoms with Crippen molar-refractivity contribution >= 4 is 11.6 Å². The molecular weight excluding hydrogens is 327 g/mol. The summed E-state index contributed by atoms with van der Waals surface area (Å²) in [5.74, 6) is -0.540. The van der Waals surface area contributed by atoms with Crippen LogP contribution in [0.15, 0.2) is 72.8 Å². The molecular formula is C22H21FN2O. The molecule has 3 aromatic carbocycles. The molecule has 0 aliphatic heterocycles. The Bertz CT molecular complexity index is 891. The summed E-state index contributed by atoms with van der Waals surface area (Å²) < 4.78 is 13.6. The van der Waals surface area contributed by atoms with E-state index >= 15 is 0 Å². The molecule has 0 unspecified atom stereocenters. The van der Waals surface area contributed by atoms with Crippen LogP contribution < -0.4 is 10.6 Å². The normalized spacial score (nSPS) is 10.4. The van der Waals surface area contributed by atoms with E-state index in [1.165, 1.54) is 17.2 Å². The molecule has 26 heavy (non-hydrogen) atoms. The van der Waals surface area contributed by atoms with Gasteiger partial charge in [0, 0.05) is 29.9 Å². The molecule has 0 aliphatic carbocycles. The van der Waals surface area contributed by atoms with Crippen LogP contribution in [0.3, 0.4) is 0 Å². The number of benzene rings is 3. The summed E-state index contributed by atoms with van der Waals surface area (Å²) in [7, 11) is 0. The van der Waals surface area contributed by atoms with Crippen molar-refractivity contribution in [1.82, 2.24) is 5.32 Å². The quantitative estimate of drug-likeness (QED) is 0.679. The van der Waals surface area contributed by atoms with Crippen molar-refractivity contribution in [2.75, 3.05) is 5.32 Å². The van der Waals surface area contributed by atoms with Gasteiger partial charge in [0.05, 0.1) is 0 Å². The Hall–Kier alpha value is -3.14. The third-order valence-corrected chi connectivity index (χ3v) is 4.12. The van der Waals surface area contributed by atoms with Gasteiger partial charge in [0.1, 0.15) is 5.82 Å². The molecule has 0 saturated carbocycles. The smallest absolute Gasteiger partial charge is 0.251 e. The first-order valence-electron chi connectivity index (χ1n) is 8.53. The Kier molecular flexibility index (Phi) is 5.64. The maximum absolute atomic E-state index is 13.6. The molecule has 3 aromatic rings. The van der Waals surface area contributed by atoms with Crippen LogP contribution >= 0.6 is 0 Å². The number of amides is 1. The second-order valence-corrected chi connectivity index (χ2v) is 6.19. The van der Waals surface area contributed by atoms with E-state index in [4.69, 9.17) is 0 Å². The summed E-state index contributed by atoms with van der Waals surface area (Å²) in [4.78, 5) is 12.2. The van der Waals surface area contributed by atoms with Crippen molar-refractivity contribution in [1.29, 1.82) is 0 Å². The minimum absolute atomic E-state index is 0.166. The first kappa shape index (κ1) is 17.7. The number of hydrogen-bond donors (Lipinski definition) is 2. The van der Waals surface area contributed by atoms with Crippen LogP contribution in [-0.2, 0) is 13.1 Å². The summed E-state index contributed by atoms with van der Waals surface area (Å²) in [5.41, 5.74) is 4.39.